The SMILES string of the molecule is CCOC(=O)c1cc2c(cn1)OCCC2. The zero-order valence-electron chi connectivity index (χ0n) is 8.66. The predicted octanol–water partition coefficient (Wildman–Crippen LogP) is 1.58. The summed E-state index contributed by atoms with van der Waals surface area (Å²) >= 11 is 0. The monoisotopic (exact) mass is 207 g/mol. The molecular formula is C11H13NO3. The van der Waals surface area contributed by atoms with Crippen molar-refractivity contribution in [1.29, 1.82) is 0 Å². The fourth-order valence-electron chi connectivity index (χ4n) is 1.57. The zero-order valence-corrected chi connectivity index (χ0v) is 8.66. The van der Waals surface area contributed by atoms with Crippen LogP contribution in [0.2, 0.25) is 0 Å². The van der Waals surface area contributed by atoms with Crippen molar-refractivity contribution in [1.82, 2.24) is 4.98 Å². The second-order valence-corrected chi connectivity index (χ2v) is 3.35. The minimum absolute atomic E-state index is 0.362. The Balaban J connectivity index is 2.24. The number of esters is 1. The lowest BCUT2D eigenvalue weighted by Crippen LogP contribution is -2.12. The molecule has 1 aromatic heterocycles. The number of hydrogen-bond donors (Lipinski definition) is 0. The van der Waals surface area contributed by atoms with Crippen molar-refractivity contribution < 1.29 is 14.3 Å². The third-order valence-corrected chi connectivity index (χ3v) is 2.28. The molecule has 2 heterocycles. The number of hydrogen-bond acceptors (Lipinski definition) is 4. The van der Waals surface area contributed by atoms with Gasteiger partial charge in [0.1, 0.15) is 11.4 Å². The standard InChI is InChI=1S/C11H13NO3/c1-2-14-11(13)9-6-8-4-3-5-15-10(8)7-12-9/h6-7H,2-5H2,1H3. The Morgan fingerprint density at radius 3 is 3.33 bits per heavy atom. The molecule has 0 aliphatic carbocycles. The summed E-state index contributed by atoms with van der Waals surface area (Å²) in [6, 6.07) is 1.76. The molecule has 0 bridgehead atoms. The summed E-state index contributed by atoms with van der Waals surface area (Å²) in [4.78, 5) is 15.4. The lowest BCUT2D eigenvalue weighted by Gasteiger charge is -2.16. The van der Waals surface area contributed by atoms with E-state index in [2.05, 4.69) is 4.98 Å². The summed E-state index contributed by atoms with van der Waals surface area (Å²) in [6.45, 7) is 2.88. The van der Waals surface area contributed by atoms with E-state index in [1.165, 1.54) is 0 Å². The number of carbonyl (C=O) groups is 1. The van der Waals surface area contributed by atoms with E-state index < -0.39 is 0 Å². The summed E-state index contributed by atoms with van der Waals surface area (Å²) in [5.41, 5.74) is 1.40. The highest BCUT2D eigenvalue weighted by Gasteiger charge is 2.15. The number of rotatable bonds is 2. The van der Waals surface area contributed by atoms with Crippen LogP contribution in [0.5, 0.6) is 5.75 Å². The largest absolute Gasteiger partial charge is 0.492 e. The molecule has 0 amide bonds. The van der Waals surface area contributed by atoms with Gasteiger partial charge in [0.15, 0.2) is 0 Å². The molecule has 0 unspecified atom stereocenters. The summed E-state index contributed by atoms with van der Waals surface area (Å²) < 4.78 is 10.3. The van der Waals surface area contributed by atoms with E-state index in [-0.39, 0.29) is 5.97 Å². The second kappa shape index (κ2) is 4.29. The van der Waals surface area contributed by atoms with Gasteiger partial charge in [0.2, 0.25) is 0 Å². The molecule has 4 heteroatoms. The third kappa shape index (κ3) is 2.09. The molecule has 4 nitrogen and oxygen atoms in total. The van der Waals surface area contributed by atoms with E-state index in [1.54, 1.807) is 19.2 Å². The molecule has 1 aliphatic rings. The van der Waals surface area contributed by atoms with Crippen molar-refractivity contribution in [2.45, 2.75) is 19.8 Å². The van der Waals surface area contributed by atoms with Crippen molar-refractivity contribution in [2.24, 2.45) is 0 Å². The van der Waals surface area contributed by atoms with Crippen LogP contribution in [0.4, 0.5) is 0 Å². The number of carbonyl (C=O) groups excluding carboxylic acids is 1. The first-order valence-electron chi connectivity index (χ1n) is 5.10. The van der Waals surface area contributed by atoms with Crippen LogP contribution in [-0.2, 0) is 11.2 Å². The summed E-state index contributed by atoms with van der Waals surface area (Å²) in [6.07, 6.45) is 3.52. The second-order valence-electron chi connectivity index (χ2n) is 3.35. The molecule has 1 aliphatic heterocycles. The van der Waals surface area contributed by atoms with Gasteiger partial charge in [0.25, 0.3) is 0 Å². The highest BCUT2D eigenvalue weighted by atomic mass is 16.5. The fraction of sp³-hybridized carbons (Fsp3) is 0.455. The van der Waals surface area contributed by atoms with Crippen LogP contribution in [0.1, 0.15) is 29.4 Å². The average Bonchev–Trinajstić information content (AvgIpc) is 2.29. The van der Waals surface area contributed by atoms with Gasteiger partial charge in [0.05, 0.1) is 19.4 Å². The van der Waals surface area contributed by atoms with Gasteiger partial charge in [-0.25, -0.2) is 9.78 Å². The molecule has 0 N–H and O–H groups in total. The number of nitrogens with zero attached hydrogens (tertiary/aromatic N) is 1. The Morgan fingerprint density at radius 1 is 1.67 bits per heavy atom. The molecule has 80 valence electrons. The Hall–Kier alpha value is -1.58. The van der Waals surface area contributed by atoms with E-state index in [4.69, 9.17) is 9.47 Å². The van der Waals surface area contributed by atoms with Crippen molar-refractivity contribution in [3.8, 4) is 5.75 Å². The maximum atomic E-state index is 11.4. The van der Waals surface area contributed by atoms with Gasteiger partial charge < -0.3 is 9.47 Å². The fourth-order valence-corrected chi connectivity index (χ4v) is 1.57. The van der Waals surface area contributed by atoms with E-state index in [0.717, 1.165) is 30.8 Å². The molecule has 0 atom stereocenters. The summed E-state index contributed by atoms with van der Waals surface area (Å²) in [5.74, 6) is 0.417. The first-order valence-corrected chi connectivity index (χ1v) is 5.10. The van der Waals surface area contributed by atoms with Crippen molar-refractivity contribution >= 4 is 5.97 Å². The molecular weight excluding hydrogens is 194 g/mol. The van der Waals surface area contributed by atoms with Crippen LogP contribution in [0, 0.1) is 0 Å². The molecule has 0 radical (unpaired) electrons. The van der Waals surface area contributed by atoms with Gasteiger partial charge in [-0.2, -0.15) is 0 Å². The van der Waals surface area contributed by atoms with Crippen LogP contribution >= 0.6 is 0 Å². The molecule has 15 heavy (non-hydrogen) atoms. The Labute approximate surface area is 88.2 Å². The first kappa shape index (κ1) is 9.96. The molecule has 0 fully saturated rings. The lowest BCUT2D eigenvalue weighted by atomic mass is 10.1. The number of aryl methyl sites for hydroxylation is 1. The molecule has 0 saturated heterocycles. The molecule has 0 saturated carbocycles. The van der Waals surface area contributed by atoms with Crippen molar-refractivity contribution in [2.75, 3.05) is 13.2 Å². The molecule has 0 aromatic carbocycles. The predicted molar refractivity (Wildman–Crippen MR) is 54.0 cm³/mol. The van der Waals surface area contributed by atoms with Gasteiger partial charge in [-0.3, -0.25) is 0 Å². The highest BCUT2D eigenvalue weighted by Crippen LogP contribution is 2.24. The minimum Gasteiger partial charge on any atom is -0.492 e. The van der Waals surface area contributed by atoms with Crippen molar-refractivity contribution in [3.63, 3.8) is 0 Å². The van der Waals surface area contributed by atoms with Gasteiger partial charge >= 0.3 is 5.97 Å². The third-order valence-electron chi connectivity index (χ3n) is 2.28. The smallest absolute Gasteiger partial charge is 0.356 e. The Morgan fingerprint density at radius 2 is 2.53 bits per heavy atom. The van der Waals surface area contributed by atoms with Crippen LogP contribution in [-0.4, -0.2) is 24.2 Å². The van der Waals surface area contributed by atoms with Gasteiger partial charge in [-0.1, -0.05) is 0 Å². The van der Waals surface area contributed by atoms with E-state index in [0.29, 0.717) is 12.3 Å². The first-order chi connectivity index (χ1) is 7.31. The molecule has 2 rings (SSSR count). The minimum atomic E-state index is -0.370. The zero-order chi connectivity index (χ0) is 10.7. The quantitative estimate of drug-likeness (QED) is 0.691. The van der Waals surface area contributed by atoms with E-state index in [9.17, 15) is 4.79 Å². The lowest BCUT2D eigenvalue weighted by molar-refractivity contribution is 0.0519. The van der Waals surface area contributed by atoms with Gasteiger partial charge in [0, 0.05) is 0 Å². The van der Waals surface area contributed by atoms with Gasteiger partial charge in [-0.05, 0) is 31.4 Å². The van der Waals surface area contributed by atoms with Crippen LogP contribution < -0.4 is 4.74 Å². The molecule has 1 aromatic rings. The van der Waals surface area contributed by atoms with Crippen LogP contribution in [0.3, 0.4) is 0 Å². The normalized spacial score (nSPS) is 13.9. The van der Waals surface area contributed by atoms with E-state index in [1.807, 2.05) is 0 Å². The van der Waals surface area contributed by atoms with E-state index >= 15 is 0 Å². The Kier molecular flexibility index (Phi) is 2.85. The maximum Gasteiger partial charge on any atom is 0.356 e. The molecule has 0 spiro atoms. The van der Waals surface area contributed by atoms with Crippen LogP contribution in [0.25, 0.3) is 0 Å². The number of pyridine rings is 1. The highest BCUT2D eigenvalue weighted by molar-refractivity contribution is 5.87. The number of ether oxygens (including phenoxy) is 2. The van der Waals surface area contributed by atoms with Crippen molar-refractivity contribution in [3.05, 3.63) is 23.5 Å². The number of aromatic nitrogens is 1. The number of fused-ring (bicyclic) bond motifs is 1. The average molecular weight is 207 g/mol. The summed E-state index contributed by atoms with van der Waals surface area (Å²) in [7, 11) is 0. The van der Waals surface area contributed by atoms with Gasteiger partial charge in [-0.15, -0.1) is 0 Å². The Bertz CT molecular complexity index is 376. The maximum absolute atomic E-state index is 11.4. The van der Waals surface area contributed by atoms with Crippen LogP contribution in [0.15, 0.2) is 12.3 Å². The summed E-state index contributed by atoms with van der Waals surface area (Å²) in [5, 5.41) is 0. The topological polar surface area (TPSA) is 48.4 Å².